The van der Waals surface area contributed by atoms with Gasteiger partial charge >= 0.3 is 6.09 Å². The van der Waals surface area contributed by atoms with Crippen LogP contribution in [0.3, 0.4) is 0 Å². The van der Waals surface area contributed by atoms with Crippen LogP contribution in [0.4, 0.5) is 16.2 Å². The van der Waals surface area contributed by atoms with Crippen molar-refractivity contribution in [3.05, 3.63) is 84.4 Å². The first-order valence-corrected chi connectivity index (χ1v) is 18.6. The zero-order chi connectivity index (χ0) is 36.4. The number of nitrogens with one attached hydrogen (secondary N) is 3. The Bertz CT molecular complexity index is 1490. The van der Waals surface area contributed by atoms with E-state index >= 15 is 0 Å². The summed E-state index contributed by atoms with van der Waals surface area (Å²) in [5.41, 5.74) is 4.44. The predicted molar refractivity (Wildman–Crippen MR) is 207 cm³/mol. The lowest BCUT2D eigenvalue weighted by Crippen LogP contribution is -2.42. The van der Waals surface area contributed by atoms with Crippen molar-refractivity contribution in [3.8, 4) is 11.1 Å². The van der Waals surface area contributed by atoms with Crippen molar-refractivity contribution in [3.63, 3.8) is 0 Å². The van der Waals surface area contributed by atoms with Crippen LogP contribution >= 0.6 is 0 Å². The molecule has 4 rings (SSSR count). The maximum Gasteiger partial charge on any atom is 0.411 e. The summed E-state index contributed by atoms with van der Waals surface area (Å²) in [4.78, 5) is 44.6. The van der Waals surface area contributed by atoms with Gasteiger partial charge in [-0.3, -0.25) is 14.9 Å². The van der Waals surface area contributed by atoms with Crippen molar-refractivity contribution >= 4 is 29.3 Å². The SMILES string of the molecule is CNCCCN(C(=O)c1ccc(NCCCCCC(=O)N(C)CCN2CCC(OC(=O)Nc3ccccc3-c3ccccc3)CC2)cc1)C(C)C. The van der Waals surface area contributed by atoms with Crippen LogP contribution in [0.25, 0.3) is 11.1 Å². The van der Waals surface area contributed by atoms with Gasteiger partial charge in [0.1, 0.15) is 6.10 Å². The molecule has 0 aliphatic carbocycles. The van der Waals surface area contributed by atoms with Crippen LogP contribution in [-0.2, 0) is 9.53 Å². The van der Waals surface area contributed by atoms with E-state index in [1.165, 1.54) is 0 Å². The lowest BCUT2D eigenvalue weighted by molar-refractivity contribution is -0.130. The molecule has 3 amide bonds. The number of nitrogens with zero attached hydrogens (tertiary/aromatic N) is 3. The Kier molecular flexibility index (Phi) is 16.3. The summed E-state index contributed by atoms with van der Waals surface area (Å²) < 4.78 is 5.78. The molecule has 0 aromatic heterocycles. The summed E-state index contributed by atoms with van der Waals surface area (Å²) in [6.07, 6.45) is 5.27. The third-order valence-corrected chi connectivity index (χ3v) is 9.47. The van der Waals surface area contributed by atoms with Gasteiger partial charge in [-0.05, 0) is 95.4 Å². The number of hydrogen-bond donors (Lipinski definition) is 3. The molecule has 276 valence electrons. The van der Waals surface area contributed by atoms with Gasteiger partial charge < -0.3 is 30.1 Å². The Morgan fingerprint density at radius 1 is 0.843 bits per heavy atom. The smallest absolute Gasteiger partial charge is 0.411 e. The number of unbranched alkanes of at least 4 members (excludes halogenated alkanes) is 2. The molecule has 51 heavy (non-hydrogen) atoms. The largest absolute Gasteiger partial charge is 0.446 e. The Morgan fingerprint density at radius 3 is 2.25 bits per heavy atom. The summed E-state index contributed by atoms with van der Waals surface area (Å²) in [5, 5.41) is 9.52. The molecule has 0 unspecified atom stereocenters. The second-order valence-corrected chi connectivity index (χ2v) is 13.7. The predicted octanol–water partition coefficient (Wildman–Crippen LogP) is 6.96. The van der Waals surface area contributed by atoms with Gasteiger partial charge in [0.15, 0.2) is 0 Å². The van der Waals surface area contributed by atoms with Gasteiger partial charge in [-0.25, -0.2) is 4.79 Å². The minimum Gasteiger partial charge on any atom is -0.446 e. The van der Waals surface area contributed by atoms with Crippen LogP contribution in [-0.4, -0.2) is 105 Å². The van der Waals surface area contributed by atoms with E-state index in [-0.39, 0.29) is 24.0 Å². The second kappa shape index (κ2) is 21.1. The standard InChI is InChI=1S/C41H58N6O4/c1-32(2)47(27-13-25-42-3)40(49)34-19-21-35(22-20-34)43-26-12-6-9-18-39(48)45(4)30-31-46-28-23-36(24-29-46)51-41(50)44-38-17-11-10-16-37(38)33-14-7-5-8-15-33/h5,7-8,10-11,14-17,19-22,32,36,42-43H,6,9,12-13,18,23-31H2,1-4H3,(H,44,50). The number of rotatable bonds is 19. The molecular weight excluding hydrogens is 640 g/mol. The normalized spacial score (nSPS) is 13.5. The van der Waals surface area contributed by atoms with Gasteiger partial charge in [-0.15, -0.1) is 0 Å². The molecule has 3 aromatic carbocycles. The van der Waals surface area contributed by atoms with Crippen LogP contribution in [0.1, 0.15) is 69.2 Å². The maximum atomic E-state index is 13.0. The van der Waals surface area contributed by atoms with Crippen molar-refractivity contribution in [2.75, 3.05) is 70.5 Å². The van der Waals surface area contributed by atoms with Crippen LogP contribution < -0.4 is 16.0 Å². The number of piperidine rings is 1. The van der Waals surface area contributed by atoms with Crippen LogP contribution in [0.2, 0.25) is 0 Å². The number of ether oxygens (including phenoxy) is 1. The fraction of sp³-hybridized carbons (Fsp3) is 0.488. The molecule has 0 bridgehead atoms. The second-order valence-electron chi connectivity index (χ2n) is 13.7. The van der Waals surface area contributed by atoms with Crippen molar-refractivity contribution < 1.29 is 19.1 Å². The quantitative estimate of drug-likeness (QED) is 0.116. The summed E-state index contributed by atoms with van der Waals surface area (Å²) in [7, 11) is 3.81. The zero-order valence-electron chi connectivity index (χ0n) is 31.0. The van der Waals surface area contributed by atoms with Crippen molar-refractivity contribution in [2.45, 2.75) is 70.9 Å². The molecule has 0 saturated carbocycles. The Morgan fingerprint density at radius 2 is 1.55 bits per heavy atom. The molecule has 1 saturated heterocycles. The zero-order valence-corrected chi connectivity index (χ0v) is 31.0. The highest BCUT2D eigenvalue weighted by Gasteiger charge is 2.23. The number of benzene rings is 3. The molecule has 10 nitrogen and oxygen atoms in total. The van der Waals surface area contributed by atoms with Crippen molar-refractivity contribution in [1.29, 1.82) is 0 Å². The van der Waals surface area contributed by atoms with E-state index in [1.54, 1.807) is 0 Å². The summed E-state index contributed by atoms with van der Waals surface area (Å²) >= 11 is 0. The first-order valence-electron chi connectivity index (χ1n) is 18.6. The first-order chi connectivity index (χ1) is 24.7. The summed E-state index contributed by atoms with van der Waals surface area (Å²) in [6, 6.07) is 25.6. The number of hydrogen-bond acceptors (Lipinski definition) is 7. The average molecular weight is 699 g/mol. The summed E-state index contributed by atoms with van der Waals surface area (Å²) in [6.45, 7) is 9.72. The minimum atomic E-state index is -0.426. The topological polar surface area (TPSA) is 106 Å². The molecular formula is C41H58N6O4. The van der Waals surface area contributed by atoms with Crippen LogP contribution in [0, 0.1) is 0 Å². The van der Waals surface area contributed by atoms with Crippen molar-refractivity contribution in [2.24, 2.45) is 0 Å². The molecule has 1 heterocycles. The van der Waals surface area contributed by atoms with Gasteiger partial charge in [0.2, 0.25) is 5.91 Å². The first kappa shape index (κ1) is 39.4. The number of para-hydroxylation sites is 1. The summed E-state index contributed by atoms with van der Waals surface area (Å²) in [5.74, 6) is 0.246. The molecule has 0 spiro atoms. The number of likely N-dealkylation sites (N-methyl/N-ethyl adjacent to an activating group) is 1. The Hall–Kier alpha value is -4.41. The Balaban J connectivity index is 1.05. The third kappa shape index (κ3) is 13.0. The number of carbonyl (C=O) groups is 3. The Labute approximate surface area is 304 Å². The molecule has 3 aromatic rings. The van der Waals surface area contributed by atoms with Crippen LogP contribution in [0.5, 0.6) is 0 Å². The van der Waals surface area contributed by atoms with E-state index in [2.05, 4.69) is 34.7 Å². The van der Waals surface area contributed by atoms with Gasteiger partial charge in [0.05, 0.1) is 5.69 Å². The maximum absolute atomic E-state index is 13.0. The third-order valence-electron chi connectivity index (χ3n) is 9.47. The van der Waals surface area contributed by atoms with Gasteiger partial charge in [-0.1, -0.05) is 55.0 Å². The fourth-order valence-corrected chi connectivity index (χ4v) is 6.34. The van der Waals surface area contributed by atoms with E-state index in [0.717, 1.165) is 100 Å². The highest BCUT2D eigenvalue weighted by Crippen LogP contribution is 2.28. The number of anilines is 2. The number of carbonyl (C=O) groups excluding carboxylic acids is 3. The van der Waals surface area contributed by atoms with E-state index in [4.69, 9.17) is 4.74 Å². The molecule has 3 N–H and O–H groups in total. The van der Waals surface area contributed by atoms with E-state index in [1.807, 2.05) is 103 Å². The lowest BCUT2D eigenvalue weighted by atomic mass is 10.0. The van der Waals surface area contributed by atoms with Gasteiger partial charge in [-0.2, -0.15) is 0 Å². The van der Waals surface area contributed by atoms with Gasteiger partial charge in [0.25, 0.3) is 5.91 Å². The van der Waals surface area contributed by atoms with E-state index in [9.17, 15) is 14.4 Å². The van der Waals surface area contributed by atoms with Crippen molar-refractivity contribution in [1.82, 2.24) is 20.0 Å². The monoisotopic (exact) mass is 698 g/mol. The molecule has 0 radical (unpaired) electrons. The number of amides is 3. The highest BCUT2D eigenvalue weighted by molar-refractivity contribution is 5.95. The molecule has 10 heteroatoms. The molecule has 0 atom stereocenters. The minimum absolute atomic E-state index is 0.0696. The van der Waals surface area contributed by atoms with Crippen LogP contribution in [0.15, 0.2) is 78.9 Å². The lowest BCUT2D eigenvalue weighted by Gasteiger charge is -2.32. The molecule has 1 aliphatic rings. The van der Waals surface area contributed by atoms with E-state index < -0.39 is 6.09 Å². The van der Waals surface area contributed by atoms with E-state index in [0.29, 0.717) is 18.5 Å². The molecule has 1 aliphatic heterocycles. The molecule has 1 fully saturated rings. The van der Waals surface area contributed by atoms with Gasteiger partial charge in [0, 0.05) is 75.6 Å². The highest BCUT2D eigenvalue weighted by atomic mass is 16.6. The average Bonchev–Trinajstić information content (AvgIpc) is 3.14. The number of likely N-dealkylation sites (tertiary alicyclic amines) is 1. The fourth-order valence-electron chi connectivity index (χ4n) is 6.34.